The van der Waals surface area contributed by atoms with Gasteiger partial charge in [0.1, 0.15) is 0 Å². The smallest absolute Gasteiger partial charge is 0.269 e. The summed E-state index contributed by atoms with van der Waals surface area (Å²) in [5.74, 6) is -0.102. The third kappa shape index (κ3) is 2.74. The first-order chi connectivity index (χ1) is 8.29. The Hall–Kier alpha value is -2.51. The number of carbonyl (C=O) groups is 2. The number of hydrogen-bond donors (Lipinski definition) is 2. The molecule has 8 heteroatoms. The van der Waals surface area contributed by atoms with E-state index in [1.165, 1.54) is 0 Å². The fraction of sp³-hybridized carbons (Fsp3) is 0.222. The van der Waals surface area contributed by atoms with Gasteiger partial charge in [0.15, 0.2) is 6.29 Å². The number of anilines is 1. The Balaban J connectivity index is 1.86. The summed E-state index contributed by atoms with van der Waals surface area (Å²) in [4.78, 5) is 22.1. The average Bonchev–Trinajstić information content (AvgIpc) is 2.96. The van der Waals surface area contributed by atoms with Crippen molar-refractivity contribution in [3.8, 4) is 0 Å². The molecule has 17 heavy (non-hydrogen) atoms. The molecule has 0 bridgehead atoms. The van der Waals surface area contributed by atoms with Gasteiger partial charge in [0, 0.05) is 19.2 Å². The van der Waals surface area contributed by atoms with Crippen LogP contribution in [0.3, 0.4) is 0 Å². The SMILES string of the molecule is O=Cc1cccn1CCC(=O)Nc1nn[nH]n1. The van der Waals surface area contributed by atoms with Crippen molar-refractivity contribution in [2.24, 2.45) is 0 Å². The minimum absolute atomic E-state index is 0.137. The standard InChI is InChI=1S/C9H10N6O2/c16-6-7-2-1-4-15(7)5-3-8(17)10-9-11-13-14-12-9/h1-2,4,6H,3,5H2,(H2,10,11,12,13,14,17). The number of aldehydes is 1. The molecule has 0 aliphatic carbocycles. The number of tetrazole rings is 1. The van der Waals surface area contributed by atoms with Gasteiger partial charge in [-0.25, -0.2) is 0 Å². The largest absolute Gasteiger partial charge is 0.345 e. The van der Waals surface area contributed by atoms with Crippen LogP contribution in [-0.2, 0) is 11.3 Å². The molecule has 2 N–H and O–H groups in total. The summed E-state index contributed by atoms with van der Waals surface area (Å²) in [6.45, 7) is 0.421. The summed E-state index contributed by atoms with van der Waals surface area (Å²) in [6.07, 6.45) is 2.71. The quantitative estimate of drug-likeness (QED) is 0.699. The van der Waals surface area contributed by atoms with Crippen molar-refractivity contribution in [2.45, 2.75) is 13.0 Å². The number of aromatic nitrogens is 5. The molecular formula is C9H10N6O2. The average molecular weight is 234 g/mol. The van der Waals surface area contributed by atoms with Crippen LogP contribution in [0.25, 0.3) is 0 Å². The molecule has 0 saturated heterocycles. The summed E-state index contributed by atoms with van der Waals surface area (Å²) in [6, 6.07) is 3.44. The number of nitrogens with one attached hydrogen (secondary N) is 2. The summed E-state index contributed by atoms with van der Waals surface area (Å²) in [5.41, 5.74) is 0.539. The summed E-state index contributed by atoms with van der Waals surface area (Å²) >= 11 is 0. The van der Waals surface area contributed by atoms with E-state index in [4.69, 9.17) is 0 Å². The molecule has 0 aliphatic rings. The van der Waals surface area contributed by atoms with Crippen molar-refractivity contribution in [1.82, 2.24) is 25.2 Å². The zero-order chi connectivity index (χ0) is 12.1. The van der Waals surface area contributed by atoms with Crippen molar-refractivity contribution in [2.75, 3.05) is 5.32 Å². The Labute approximate surface area is 96.0 Å². The molecule has 2 rings (SSSR count). The minimum atomic E-state index is -0.239. The first-order valence-corrected chi connectivity index (χ1v) is 4.93. The lowest BCUT2D eigenvalue weighted by atomic mass is 10.4. The van der Waals surface area contributed by atoms with Gasteiger partial charge < -0.3 is 4.57 Å². The van der Waals surface area contributed by atoms with Crippen molar-refractivity contribution in [3.63, 3.8) is 0 Å². The van der Waals surface area contributed by atoms with E-state index in [1.54, 1.807) is 22.9 Å². The van der Waals surface area contributed by atoms with Gasteiger partial charge >= 0.3 is 0 Å². The van der Waals surface area contributed by atoms with Crippen LogP contribution < -0.4 is 5.32 Å². The zero-order valence-corrected chi connectivity index (χ0v) is 8.83. The summed E-state index contributed by atoms with van der Waals surface area (Å²) in [5, 5.41) is 15.2. The molecular weight excluding hydrogens is 224 g/mol. The van der Waals surface area contributed by atoms with Gasteiger partial charge in [-0.3, -0.25) is 14.9 Å². The Morgan fingerprint density at radius 1 is 1.59 bits per heavy atom. The van der Waals surface area contributed by atoms with E-state index in [9.17, 15) is 9.59 Å². The first kappa shape index (κ1) is 11.0. The van der Waals surface area contributed by atoms with Gasteiger partial charge in [0.05, 0.1) is 5.69 Å². The Morgan fingerprint density at radius 2 is 2.47 bits per heavy atom. The first-order valence-electron chi connectivity index (χ1n) is 4.93. The van der Waals surface area contributed by atoms with Gasteiger partial charge in [-0.1, -0.05) is 5.10 Å². The number of amides is 1. The number of rotatable bonds is 5. The van der Waals surface area contributed by atoms with Crippen LogP contribution in [0.1, 0.15) is 16.9 Å². The highest BCUT2D eigenvalue weighted by atomic mass is 16.1. The van der Waals surface area contributed by atoms with Crippen LogP contribution >= 0.6 is 0 Å². The predicted octanol–water partition coefficient (Wildman–Crippen LogP) is -0.158. The maximum Gasteiger partial charge on any atom is 0.269 e. The normalized spacial score (nSPS) is 10.1. The topological polar surface area (TPSA) is 106 Å². The molecule has 8 nitrogen and oxygen atoms in total. The number of aryl methyl sites for hydroxylation is 1. The van der Waals surface area contributed by atoms with Crippen molar-refractivity contribution < 1.29 is 9.59 Å². The Morgan fingerprint density at radius 3 is 3.18 bits per heavy atom. The molecule has 1 amide bonds. The molecule has 2 aromatic rings. The molecule has 0 fully saturated rings. The van der Waals surface area contributed by atoms with Crippen LogP contribution in [0.5, 0.6) is 0 Å². The summed E-state index contributed by atoms with van der Waals surface area (Å²) < 4.78 is 1.70. The molecule has 0 radical (unpaired) electrons. The van der Waals surface area contributed by atoms with Gasteiger partial charge in [-0.05, 0) is 17.3 Å². The van der Waals surface area contributed by atoms with Crippen molar-refractivity contribution >= 4 is 18.1 Å². The second kappa shape index (κ2) is 5.01. The van der Waals surface area contributed by atoms with Gasteiger partial charge in [0.2, 0.25) is 5.91 Å². The highest BCUT2D eigenvalue weighted by Gasteiger charge is 2.06. The third-order valence-corrected chi connectivity index (χ3v) is 2.16. The van der Waals surface area contributed by atoms with Gasteiger partial charge in [-0.15, -0.1) is 5.10 Å². The molecule has 88 valence electrons. The van der Waals surface area contributed by atoms with Crippen LogP contribution in [0, 0.1) is 0 Å². The molecule has 0 aromatic carbocycles. The van der Waals surface area contributed by atoms with Gasteiger partial charge in [-0.2, -0.15) is 5.21 Å². The van der Waals surface area contributed by atoms with E-state index in [1.807, 2.05) is 0 Å². The molecule has 2 heterocycles. The van der Waals surface area contributed by atoms with E-state index in [0.717, 1.165) is 6.29 Å². The predicted molar refractivity (Wildman–Crippen MR) is 57.2 cm³/mol. The molecule has 0 aliphatic heterocycles. The molecule has 0 saturated carbocycles. The fourth-order valence-electron chi connectivity index (χ4n) is 1.36. The Bertz CT molecular complexity index is 503. The van der Waals surface area contributed by atoms with E-state index in [2.05, 4.69) is 25.9 Å². The maximum absolute atomic E-state index is 11.5. The summed E-state index contributed by atoms with van der Waals surface area (Å²) in [7, 11) is 0. The maximum atomic E-state index is 11.5. The van der Waals surface area contributed by atoms with E-state index >= 15 is 0 Å². The lowest BCUT2D eigenvalue weighted by Gasteiger charge is -2.04. The number of nitrogens with zero attached hydrogens (tertiary/aromatic N) is 4. The van der Waals surface area contributed by atoms with E-state index in [-0.39, 0.29) is 18.3 Å². The van der Waals surface area contributed by atoms with Crippen molar-refractivity contribution in [1.29, 1.82) is 0 Å². The molecule has 0 unspecified atom stereocenters. The monoisotopic (exact) mass is 234 g/mol. The highest BCUT2D eigenvalue weighted by Crippen LogP contribution is 2.01. The third-order valence-electron chi connectivity index (χ3n) is 2.16. The molecule has 0 atom stereocenters. The van der Waals surface area contributed by atoms with Crippen LogP contribution in [0.4, 0.5) is 5.95 Å². The van der Waals surface area contributed by atoms with Crippen molar-refractivity contribution in [3.05, 3.63) is 24.0 Å². The zero-order valence-electron chi connectivity index (χ0n) is 8.83. The van der Waals surface area contributed by atoms with Gasteiger partial charge in [0.25, 0.3) is 5.95 Å². The number of aromatic amines is 1. The number of H-pyrrole nitrogens is 1. The fourth-order valence-corrected chi connectivity index (χ4v) is 1.36. The van der Waals surface area contributed by atoms with E-state index in [0.29, 0.717) is 12.2 Å². The van der Waals surface area contributed by atoms with Crippen LogP contribution in [0.15, 0.2) is 18.3 Å². The Kier molecular flexibility index (Phi) is 3.24. The van der Waals surface area contributed by atoms with Crippen LogP contribution in [0.2, 0.25) is 0 Å². The van der Waals surface area contributed by atoms with Crippen LogP contribution in [-0.4, -0.2) is 37.4 Å². The second-order valence-corrected chi connectivity index (χ2v) is 3.28. The number of hydrogen-bond acceptors (Lipinski definition) is 5. The lowest BCUT2D eigenvalue weighted by Crippen LogP contribution is -2.15. The number of carbonyl (C=O) groups excluding carboxylic acids is 2. The highest BCUT2D eigenvalue weighted by molar-refractivity contribution is 5.88. The van der Waals surface area contributed by atoms with E-state index < -0.39 is 0 Å². The lowest BCUT2D eigenvalue weighted by molar-refractivity contribution is -0.116. The second-order valence-electron chi connectivity index (χ2n) is 3.28. The molecule has 2 aromatic heterocycles. The molecule has 0 spiro atoms. The minimum Gasteiger partial charge on any atom is -0.345 e.